The Morgan fingerprint density at radius 1 is 1.00 bits per heavy atom. The quantitative estimate of drug-likeness (QED) is 0.305. The van der Waals surface area contributed by atoms with E-state index < -0.39 is 0 Å². The van der Waals surface area contributed by atoms with Crippen molar-refractivity contribution >= 4 is 35.5 Å². The molecule has 0 N–H and O–H groups in total. The van der Waals surface area contributed by atoms with Crippen molar-refractivity contribution in [3.63, 3.8) is 0 Å². The van der Waals surface area contributed by atoms with Crippen LogP contribution in [0.5, 0.6) is 0 Å². The topological polar surface area (TPSA) is 0 Å². The van der Waals surface area contributed by atoms with Crippen LogP contribution in [0.3, 0.4) is 0 Å². The third-order valence-electron chi connectivity index (χ3n) is 0. The molecule has 0 aromatic rings. The zero-order chi connectivity index (χ0) is 0. The Bertz CT molecular complexity index is 10.8. The predicted octanol–water partition coefficient (Wildman–Crippen LogP) is -8.83. The Morgan fingerprint density at radius 2 is 1.00 bits per heavy atom. The first kappa shape index (κ1) is 48.4. The fourth-order valence-electron chi connectivity index (χ4n) is 0. The summed E-state index contributed by atoms with van der Waals surface area (Å²) in [6, 6.07) is 0. The Hall–Kier alpha value is 2.64. The van der Waals surface area contributed by atoms with E-state index in [1.54, 1.807) is 0 Å². The third-order valence-corrected chi connectivity index (χ3v) is 0. The molecule has 0 atom stereocenters. The SMILES string of the molecule is Cl.[Cl-].[Cl-].[H-].[Mg+2].[Na+]. The van der Waals surface area contributed by atoms with Crippen LogP contribution in [0, 0.1) is 0 Å². The number of rotatable bonds is 0. The van der Waals surface area contributed by atoms with E-state index in [1.165, 1.54) is 0 Å². The molecule has 0 spiro atoms. The average molecular weight is 156 g/mol. The van der Waals surface area contributed by atoms with Gasteiger partial charge in [0.2, 0.25) is 0 Å². The van der Waals surface area contributed by atoms with Crippen molar-refractivity contribution < 1.29 is 55.8 Å². The molecule has 0 amide bonds. The standard InChI is InChI=1S/3ClH.Mg.Na.H/h3*1H;;;/q;;;+2;+1;-1/p-2. The number of halogens is 3. The third kappa shape index (κ3) is 20.5. The monoisotopic (exact) mass is 154 g/mol. The average Bonchev–Trinajstić information content (AvgIpc) is 0. The summed E-state index contributed by atoms with van der Waals surface area (Å²) in [7, 11) is 0. The van der Waals surface area contributed by atoms with Crippen molar-refractivity contribution in [2.75, 3.05) is 0 Å². The van der Waals surface area contributed by atoms with Crippen LogP contribution in [-0.2, 0) is 0 Å². The maximum absolute atomic E-state index is 0. The van der Waals surface area contributed by atoms with Gasteiger partial charge in [0.05, 0.1) is 0 Å². The molecule has 0 saturated carbocycles. The van der Waals surface area contributed by atoms with Gasteiger partial charge in [-0.15, -0.1) is 12.4 Å². The summed E-state index contributed by atoms with van der Waals surface area (Å²) in [5, 5.41) is 0. The van der Waals surface area contributed by atoms with Crippen LogP contribution in [0.2, 0.25) is 0 Å². The van der Waals surface area contributed by atoms with E-state index in [0.29, 0.717) is 0 Å². The van der Waals surface area contributed by atoms with Gasteiger partial charge < -0.3 is 26.2 Å². The normalized spacial score (nSPS) is 0. The van der Waals surface area contributed by atoms with E-state index in [2.05, 4.69) is 0 Å². The second-order valence-electron chi connectivity index (χ2n) is 0. The Morgan fingerprint density at radius 3 is 1.00 bits per heavy atom. The van der Waals surface area contributed by atoms with Crippen LogP contribution in [-0.4, -0.2) is 23.1 Å². The second kappa shape index (κ2) is 30.3. The van der Waals surface area contributed by atoms with Crippen LogP contribution < -0.4 is 54.4 Å². The van der Waals surface area contributed by atoms with E-state index in [4.69, 9.17) is 0 Å². The summed E-state index contributed by atoms with van der Waals surface area (Å²) >= 11 is 0. The zero-order valence-corrected chi connectivity index (χ0v) is 8.61. The van der Waals surface area contributed by atoms with Gasteiger partial charge in [0.15, 0.2) is 0 Å². The van der Waals surface area contributed by atoms with Crippen LogP contribution in [0.25, 0.3) is 0 Å². The Labute approximate surface area is 90.0 Å². The van der Waals surface area contributed by atoms with Crippen molar-refractivity contribution in [2.45, 2.75) is 0 Å². The first-order valence-electron chi connectivity index (χ1n) is 0. The molecular weight excluding hydrogens is 154 g/mol. The number of hydrogen-bond donors (Lipinski definition) is 0. The molecule has 0 rings (SSSR count). The molecule has 0 aromatic heterocycles. The van der Waals surface area contributed by atoms with Gasteiger partial charge in [-0.25, -0.2) is 0 Å². The molecule has 0 aliphatic heterocycles. The number of hydrogen-bond acceptors (Lipinski definition) is 0. The van der Waals surface area contributed by atoms with Crippen molar-refractivity contribution in [1.82, 2.24) is 0 Å². The maximum atomic E-state index is 0. The minimum Gasteiger partial charge on any atom is -1.00 e. The van der Waals surface area contributed by atoms with E-state index in [1.807, 2.05) is 0 Å². The van der Waals surface area contributed by atoms with E-state index in [-0.39, 0.29) is 91.3 Å². The molecule has 0 saturated heterocycles. The molecular formula is H2Cl3MgNa. The molecule has 0 aliphatic rings. The van der Waals surface area contributed by atoms with Crippen LogP contribution in [0.1, 0.15) is 1.43 Å². The largest absolute Gasteiger partial charge is 2.00 e. The summed E-state index contributed by atoms with van der Waals surface area (Å²) in [6.45, 7) is 0. The summed E-state index contributed by atoms with van der Waals surface area (Å²) in [6.07, 6.45) is 0. The van der Waals surface area contributed by atoms with Gasteiger partial charge in [-0.05, 0) is 0 Å². The zero-order valence-electron chi connectivity index (χ0n) is 3.87. The van der Waals surface area contributed by atoms with Crippen molar-refractivity contribution in [2.24, 2.45) is 0 Å². The van der Waals surface area contributed by atoms with Crippen LogP contribution in [0.4, 0.5) is 0 Å². The van der Waals surface area contributed by atoms with Gasteiger partial charge in [-0.2, -0.15) is 0 Å². The van der Waals surface area contributed by atoms with Crippen molar-refractivity contribution in [1.29, 1.82) is 0 Å². The summed E-state index contributed by atoms with van der Waals surface area (Å²) in [5.41, 5.74) is 0. The minimum atomic E-state index is 0. The van der Waals surface area contributed by atoms with E-state index >= 15 is 0 Å². The van der Waals surface area contributed by atoms with Crippen LogP contribution >= 0.6 is 12.4 Å². The van der Waals surface area contributed by atoms with Crippen LogP contribution in [0.15, 0.2) is 0 Å². The van der Waals surface area contributed by atoms with E-state index in [0.717, 1.165) is 0 Å². The van der Waals surface area contributed by atoms with Gasteiger partial charge >= 0.3 is 52.6 Å². The fourth-order valence-corrected chi connectivity index (χ4v) is 0. The molecule has 0 aliphatic carbocycles. The molecule has 0 fully saturated rings. The molecule has 0 nitrogen and oxygen atoms in total. The summed E-state index contributed by atoms with van der Waals surface area (Å²) in [4.78, 5) is 0. The molecule has 0 heterocycles. The Kier molecular flexibility index (Phi) is 294. The molecule has 26 valence electrons. The summed E-state index contributed by atoms with van der Waals surface area (Å²) < 4.78 is 0. The molecule has 5 heteroatoms. The first-order chi connectivity index (χ1) is 0. The maximum Gasteiger partial charge on any atom is 2.00 e. The Balaban J connectivity index is 0. The van der Waals surface area contributed by atoms with Gasteiger partial charge in [0, 0.05) is 0 Å². The first-order valence-corrected chi connectivity index (χ1v) is 0. The fraction of sp³-hybridized carbons (Fsp3) is 0. The van der Waals surface area contributed by atoms with Crippen molar-refractivity contribution in [3.8, 4) is 0 Å². The van der Waals surface area contributed by atoms with Gasteiger partial charge in [-0.3, -0.25) is 0 Å². The molecule has 0 aromatic carbocycles. The van der Waals surface area contributed by atoms with E-state index in [9.17, 15) is 0 Å². The van der Waals surface area contributed by atoms with Gasteiger partial charge in [0.25, 0.3) is 0 Å². The molecule has 0 unspecified atom stereocenters. The minimum absolute atomic E-state index is 0. The molecule has 0 radical (unpaired) electrons. The summed E-state index contributed by atoms with van der Waals surface area (Å²) in [5.74, 6) is 0. The molecule has 0 bridgehead atoms. The molecule has 5 heavy (non-hydrogen) atoms. The van der Waals surface area contributed by atoms with Gasteiger partial charge in [0.1, 0.15) is 0 Å². The predicted molar refractivity (Wildman–Crippen MR) is 14.1 cm³/mol. The van der Waals surface area contributed by atoms with Crippen molar-refractivity contribution in [3.05, 3.63) is 0 Å². The van der Waals surface area contributed by atoms with Gasteiger partial charge in [-0.1, -0.05) is 0 Å². The second-order valence-corrected chi connectivity index (χ2v) is 0. The smallest absolute Gasteiger partial charge is 1.00 e.